The summed E-state index contributed by atoms with van der Waals surface area (Å²) >= 11 is 3.39. The van der Waals surface area contributed by atoms with E-state index in [9.17, 15) is 4.79 Å². The van der Waals surface area contributed by atoms with Gasteiger partial charge in [-0.1, -0.05) is 30.3 Å². The number of aryl methyl sites for hydroxylation is 1. The first kappa shape index (κ1) is 12.9. The van der Waals surface area contributed by atoms with E-state index in [1.54, 1.807) is 0 Å². The first-order valence-corrected chi connectivity index (χ1v) is 6.68. The standard InChI is InChI=1S/C14H15BrN2O/c1-2-17-10-12(15)8-13(17)14(18)16-9-11-6-4-3-5-7-11/h3-8,10H,2,9H2,1H3,(H,16,18). The van der Waals surface area contributed by atoms with E-state index in [-0.39, 0.29) is 5.91 Å². The molecule has 1 heterocycles. The van der Waals surface area contributed by atoms with Gasteiger partial charge in [0.15, 0.2) is 0 Å². The Labute approximate surface area is 115 Å². The number of benzene rings is 1. The predicted molar refractivity (Wildman–Crippen MR) is 75.4 cm³/mol. The van der Waals surface area contributed by atoms with Gasteiger partial charge in [-0.3, -0.25) is 4.79 Å². The van der Waals surface area contributed by atoms with Crippen molar-refractivity contribution in [3.05, 3.63) is 58.3 Å². The Morgan fingerprint density at radius 1 is 1.33 bits per heavy atom. The molecule has 94 valence electrons. The van der Waals surface area contributed by atoms with Crippen molar-refractivity contribution in [2.45, 2.75) is 20.0 Å². The molecule has 0 aliphatic heterocycles. The number of aromatic nitrogens is 1. The lowest BCUT2D eigenvalue weighted by Gasteiger charge is -2.07. The highest BCUT2D eigenvalue weighted by molar-refractivity contribution is 9.10. The highest BCUT2D eigenvalue weighted by Gasteiger charge is 2.11. The smallest absolute Gasteiger partial charge is 0.268 e. The van der Waals surface area contributed by atoms with Crippen LogP contribution in [0.5, 0.6) is 0 Å². The number of halogens is 1. The van der Waals surface area contributed by atoms with Crippen LogP contribution in [-0.4, -0.2) is 10.5 Å². The maximum Gasteiger partial charge on any atom is 0.268 e. The number of amides is 1. The van der Waals surface area contributed by atoms with Crippen LogP contribution >= 0.6 is 15.9 Å². The molecule has 0 aliphatic carbocycles. The van der Waals surface area contributed by atoms with Crippen LogP contribution in [0.15, 0.2) is 47.1 Å². The molecule has 0 fully saturated rings. The molecule has 0 saturated carbocycles. The molecule has 18 heavy (non-hydrogen) atoms. The van der Waals surface area contributed by atoms with Gasteiger partial charge in [0.1, 0.15) is 5.69 Å². The Morgan fingerprint density at radius 2 is 2.06 bits per heavy atom. The zero-order valence-corrected chi connectivity index (χ0v) is 11.8. The van der Waals surface area contributed by atoms with Crippen LogP contribution in [-0.2, 0) is 13.1 Å². The summed E-state index contributed by atoms with van der Waals surface area (Å²) in [6.45, 7) is 3.34. The minimum absolute atomic E-state index is 0.0496. The molecular weight excluding hydrogens is 292 g/mol. The molecule has 0 spiro atoms. The van der Waals surface area contributed by atoms with Crippen LogP contribution in [0, 0.1) is 0 Å². The molecule has 1 amide bonds. The van der Waals surface area contributed by atoms with Gasteiger partial charge >= 0.3 is 0 Å². The van der Waals surface area contributed by atoms with Crippen molar-refractivity contribution in [3.63, 3.8) is 0 Å². The van der Waals surface area contributed by atoms with Crippen LogP contribution in [0.25, 0.3) is 0 Å². The Hall–Kier alpha value is -1.55. The lowest BCUT2D eigenvalue weighted by atomic mass is 10.2. The van der Waals surface area contributed by atoms with Gasteiger partial charge in [-0.05, 0) is 34.5 Å². The average Bonchev–Trinajstić information content (AvgIpc) is 2.78. The van der Waals surface area contributed by atoms with Crippen LogP contribution in [0.4, 0.5) is 0 Å². The number of rotatable bonds is 4. The second kappa shape index (κ2) is 5.87. The Balaban J connectivity index is 2.04. The van der Waals surface area contributed by atoms with Gasteiger partial charge in [0.2, 0.25) is 0 Å². The number of nitrogens with one attached hydrogen (secondary N) is 1. The number of carbonyl (C=O) groups excluding carboxylic acids is 1. The number of carbonyl (C=O) groups is 1. The fourth-order valence-electron chi connectivity index (χ4n) is 1.80. The first-order valence-electron chi connectivity index (χ1n) is 5.88. The number of hydrogen-bond acceptors (Lipinski definition) is 1. The minimum atomic E-state index is -0.0496. The van der Waals surface area contributed by atoms with Gasteiger partial charge in [0.25, 0.3) is 5.91 Å². The highest BCUT2D eigenvalue weighted by atomic mass is 79.9. The molecule has 0 radical (unpaired) electrons. The fourth-order valence-corrected chi connectivity index (χ4v) is 2.26. The molecule has 0 saturated heterocycles. The van der Waals surface area contributed by atoms with E-state index in [0.29, 0.717) is 12.2 Å². The lowest BCUT2D eigenvalue weighted by molar-refractivity contribution is 0.0941. The summed E-state index contributed by atoms with van der Waals surface area (Å²) in [5.41, 5.74) is 1.78. The van der Waals surface area contributed by atoms with E-state index in [1.807, 2.05) is 54.1 Å². The summed E-state index contributed by atoms with van der Waals surface area (Å²) in [6.07, 6.45) is 1.91. The molecule has 0 aliphatic rings. The van der Waals surface area contributed by atoms with Crippen LogP contribution < -0.4 is 5.32 Å². The van der Waals surface area contributed by atoms with Gasteiger partial charge < -0.3 is 9.88 Å². The van der Waals surface area contributed by atoms with E-state index in [0.717, 1.165) is 16.6 Å². The van der Waals surface area contributed by atoms with Crippen molar-refractivity contribution in [3.8, 4) is 0 Å². The molecule has 0 bridgehead atoms. The summed E-state index contributed by atoms with van der Waals surface area (Å²) in [6, 6.07) is 11.7. The highest BCUT2D eigenvalue weighted by Crippen LogP contribution is 2.15. The molecule has 2 aromatic rings. The molecule has 0 atom stereocenters. The Morgan fingerprint density at radius 3 is 2.72 bits per heavy atom. The maximum absolute atomic E-state index is 12.1. The van der Waals surface area contributed by atoms with Crippen molar-refractivity contribution >= 4 is 21.8 Å². The summed E-state index contributed by atoms with van der Waals surface area (Å²) in [7, 11) is 0. The van der Waals surface area contributed by atoms with Gasteiger partial charge in [0, 0.05) is 23.8 Å². The van der Waals surface area contributed by atoms with Crippen molar-refractivity contribution < 1.29 is 4.79 Å². The predicted octanol–water partition coefficient (Wildman–Crippen LogP) is 3.20. The molecule has 0 unspecified atom stereocenters. The number of hydrogen-bond donors (Lipinski definition) is 1. The lowest BCUT2D eigenvalue weighted by Crippen LogP contribution is -2.25. The Bertz CT molecular complexity index is 534. The largest absolute Gasteiger partial charge is 0.347 e. The number of nitrogens with zero attached hydrogens (tertiary/aromatic N) is 1. The third kappa shape index (κ3) is 3.01. The van der Waals surface area contributed by atoms with Gasteiger partial charge in [-0.15, -0.1) is 0 Å². The van der Waals surface area contributed by atoms with E-state index in [2.05, 4.69) is 21.2 Å². The topological polar surface area (TPSA) is 34.0 Å². The molecule has 2 rings (SSSR count). The third-order valence-corrected chi connectivity index (χ3v) is 3.17. The SMILES string of the molecule is CCn1cc(Br)cc1C(=O)NCc1ccccc1. The van der Waals surface area contributed by atoms with Gasteiger partial charge in [-0.25, -0.2) is 0 Å². The van der Waals surface area contributed by atoms with Crippen molar-refractivity contribution in [1.82, 2.24) is 9.88 Å². The molecular formula is C14H15BrN2O. The zero-order chi connectivity index (χ0) is 13.0. The van der Waals surface area contributed by atoms with Crippen LogP contribution in [0.3, 0.4) is 0 Å². The van der Waals surface area contributed by atoms with Crippen LogP contribution in [0.2, 0.25) is 0 Å². The molecule has 1 aromatic carbocycles. The third-order valence-electron chi connectivity index (χ3n) is 2.73. The fraction of sp³-hybridized carbons (Fsp3) is 0.214. The van der Waals surface area contributed by atoms with Crippen molar-refractivity contribution in [2.75, 3.05) is 0 Å². The van der Waals surface area contributed by atoms with Gasteiger partial charge in [0.05, 0.1) is 0 Å². The molecule has 1 aromatic heterocycles. The summed E-state index contributed by atoms with van der Waals surface area (Å²) < 4.78 is 2.85. The van der Waals surface area contributed by atoms with Gasteiger partial charge in [-0.2, -0.15) is 0 Å². The first-order chi connectivity index (χ1) is 8.70. The molecule has 1 N–H and O–H groups in total. The van der Waals surface area contributed by atoms with E-state index < -0.39 is 0 Å². The second-order valence-electron chi connectivity index (χ2n) is 4.00. The quantitative estimate of drug-likeness (QED) is 0.925. The molecule has 3 nitrogen and oxygen atoms in total. The summed E-state index contributed by atoms with van der Waals surface area (Å²) in [5, 5.41) is 2.92. The van der Waals surface area contributed by atoms with Crippen molar-refractivity contribution in [1.29, 1.82) is 0 Å². The van der Waals surface area contributed by atoms with Crippen molar-refractivity contribution in [2.24, 2.45) is 0 Å². The monoisotopic (exact) mass is 306 g/mol. The average molecular weight is 307 g/mol. The Kier molecular flexibility index (Phi) is 4.20. The summed E-state index contributed by atoms with van der Waals surface area (Å²) in [5.74, 6) is -0.0496. The maximum atomic E-state index is 12.1. The zero-order valence-electron chi connectivity index (χ0n) is 10.2. The van der Waals surface area contributed by atoms with E-state index >= 15 is 0 Å². The minimum Gasteiger partial charge on any atom is -0.347 e. The van der Waals surface area contributed by atoms with Crippen LogP contribution in [0.1, 0.15) is 23.0 Å². The van der Waals surface area contributed by atoms with E-state index in [4.69, 9.17) is 0 Å². The normalized spacial score (nSPS) is 10.3. The second-order valence-corrected chi connectivity index (χ2v) is 4.91. The van der Waals surface area contributed by atoms with E-state index in [1.165, 1.54) is 0 Å². The summed E-state index contributed by atoms with van der Waals surface area (Å²) in [4.78, 5) is 12.1. The molecule has 4 heteroatoms.